The molecule has 0 fully saturated rings. The molecule has 0 rings (SSSR count). The molecule has 0 radical (unpaired) electrons. The maximum absolute atomic E-state index is 11.9. The van der Waals surface area contributed by atoms with E-state index in [0.717, 1.165) is 12.8 Å². The van der Waals surface area contributed by atoms with Gasteiger partial charge in [0.05, 0.1) is 0 Å². The van der Waals surface area contributed by atoms with Gasteiger partial charge in [-0.25, -0.2) is 9.59 Å². The Kier molecular flexibility index (Phi) is 12.2. The predicted octanol–water partition coefficient (Wildman–Crippen LogP) is -1.41. The lowest BCUT2D eigenvalue weighted by atomic mass is 10.1. The van der Waals surface area contributed by atoms with Crippen LogP contribution in [0.1, 0.15) is 45.4 Å². The van der Waals surface area contributed by atoms with Gasteiger partial charge in [-0.1, -0.05) is 13.3 Å². The van der Waals surface area contributed by atoms with Gasteiger partial charge in [0.2, 0.25) is 17.7 Å². The number of carbonyl (C=O) groups is 5. The Morgan fingerprint density at radius 1 is 0.815 bits per heavy atom. The molecule has 154 valence electrons. The lowest BCUT2D eigenvalue weighted by molar-refractivity contribution is -0.143. The van der Waals surface area contributed by atoms with E-state index in [1.165, 1.54) is 0 Å². The first kappa shape index (κ1) is 24.3. The van der Waals surface area contributed by atoms with Crippen molar-refractivity contribution in [2.24, 2.45) is 0 Å². The maximum atomic E-state index is 11.9. The summed E-state index contributed by atoms with van der Waals surface area (Å²) in [5, 5.41) is 33.6. The van der Waals surface area contributed by atoms with E-state index < -0.39 is 42.4 Å². The Balaban J connectivity index is 4.45. The highest BCUT2D eigenvalue weighted by molar-refractivity contribution is 5.86. The van der Waals surface area contributed by atoms with E-state index in [2.05, 4.69) is 10.6 Å². The number of nitrogens with one attached hydrogen (secondary N) is 3. The Labute approximate surface area is 156 Å². The summed E-state index contributed by atoms with van der Waals surface area (Å²) in [6.45, 7) is 1.57. The molecule has 27 heavy (non-hydrogen) atoms. The van der Waals surface area contributed by atoms with Crippen molar-refractivity contribution in [3.8, 4) is 0 Å². The lowest BCUT2D eigenvalue weighted by Crippen LogP contribution is -2.44. The van der Waals surface area contributed by atoms with Crippen LogP contribution in [0.15, 0.2) is 0 Å². The lowest BCUT2D eigenvalue weighted by Gasteiger charge is -2.16. The third-order valence-corrected chi connectivity index (χ3v) is 3.58. The van der Waals surface area contributed by atoms with Crippen molar-refractivity contribution in [2.75, 3.05) is 13.2 Å². The van der Waals surface area contributed by atoms with Crippen molar-refractivity contribution in [3.05, 3.63) is 0 Å². The first-order chi connectivity index (χ1) is 12.7. The van der Waals surface area contributed by atoms with Gasteiger partial charge in [-0.15, -0.1) is 0 Å². The number of aliphatic hydroxyl groups excluding tert-OH is 1. The fraction of sp³-hybridized carbons (Fsp3) is 0.688. The summed E-state index contributed by atoms with van der Waals surface area (Å²) in [6.07, 6.45) is 0.895. The molecule has 0 aromatic heterocycles. The van der Waals surface area contributed by atoms with Gasteiger partial charge in [-0.2, -0.15) is 0 Å². The molecule has 0 saturated carbocycles. The number of carboxylic acid groups (broad SMARTS) is 2. The molecule has 0 heterocycles. The highest BCUT2D eigenvalue weighted by Crippen LogP contribution is 2.03. The molecule has 3 amide bonds. The van der Waals surface area contributed by atoms with E-state index in [0.29, 0.717) is 6.54 Å². The molecule has 11 nitrogen and oxygen atoms in total. The summed E-state index contributed by atoms with van der Waals surface area (Å²) >= 11 is 0. The Morgan fingerprint density at radius 3 is 1.74 bits per heavy atom. The quantitative estimate of drug-likeness (QED) is 0.196. The number of rotatable bonds is 14. The van der Waals surface area contributed by atoms with Crippen molar-refractivity contribution in [2.45, 2.75) is 57.5 Å². The SMILES string of the molecule is CCCCNC(=O)CC[C@H](NC(=O)CC[C@H](NC(=O)CO)C(=O)O)C(=O)O. The molecule has 2 atom stereocenters. The number of unbranched alkanes of at least 4 members (excludes halogenated alkanes) is 1. The molecule has 0 unspecified atom stereocenters. The van der Waals surface area contributed by atoms with Crippen molar-refractivity contribution < 1.29 is 39.3 Å². The number of carbonyl (C=O) groups excluding carboxylic acids is 3. The number of amides is 3. The summed E-state index contributed by atoms with van der Waals surface area (Å²) in [5.74, 6) is -4.64. The summed E-state index contributed by atoms with van der Waals surface area (Å²) in [5.41, 5.74) is 0. The molecular weight excluding hydrogens is 362 g/mol. The zero-order valence-electron chi connectivity index (χ0n) is 15.2. The van der Waals surface area contributed by atoms with E-state index in [-0.39, 0.29) is 31.6 Å². The van der Waals surface area contributed by atoms with E-state index in [4.69, 9.17) is 15.3 Å². The molecule has 0 aromatic carbocycles. The number of carboxylic acids is 2. The van der Waals surface area contributed by atoms with Crippen LogP contribution in [0.4, 0.5) is 0 Å². The second-order valence-corrected chi connectivity index (χ2v) is 5.86. The van der Waals surface area contributed by atoms with Crippen LogP contribution >= 0.6 is 0 Å². The van der Waals surface area contributed by atoms with Gasteiger partial charge in [0, 0.05) is 19.4 Å². The molecule has 0 aliphatic heterocycles. The normalized spacial score (nSPS) is 12.5. The average Bonchev–Trinajstić information content (AvgIpc) is 2.61. The standard InChI is InChI=1S/C16H27N3O8/c1-2-3-8-17-12(21)6-4-10(15(24)25)18-13(22)7-5-11(16(26)27)19-14(23)9-20/h10-11,20H,2-9H2,1H3,(H,17,21)(H,18,22)(H,19,23)(H,24,25)(H,26,27)/t10-,11-/m0/s1. The van der Waals surface area contributed by atoms with E-state index >= 15 is 0 Å². The van der Waals surface area contributed by atoms with Gasteiger partial charge >= 0.3 is 11.9 Å². The smallest absolute Gasteiger partial charge is 0.326 e. The van der Waals surface area contributed by atoms with E-state index in [1.807, 2.05) is 12.2 Å². The Hall–Kier alpha value is -2.69. The maximum Gasteiger partial charge on any atom is 0.326 e. The second kappa shape index (κ2) is 13.5. The fourth-order valence-corrected chi connectivity index (χ4v) is 2.07. The van der Waals surface area contributed by atoms with Gasteiger partial charge < -0.3 is 31.3 Å². The van der Waals surface area contributed by atoms with Crippen molar-refractivity contribution in [3.63, 3.8) is 0 Å². The largest absolute Gasteiger partial charge is 0.480 e. The van der Waals surface area contributed by atoms with Crippen LogP contribution in [-0.4, -0.2) is 70.2 Å². The molecular formula is C16H27N3O8. The summed E-state index contributed by atoms with van der Waals surface area (Å²) in [7, 11) is 0. The van der Waals surface area contributed by atoms with Crippen molar-refractivity contribution in [1.29, 1.82) is 0 Å². The molecule has 0 aliphatic carbocycles. The fourth-order valence-electron chi connectivity index (χ4n) is 2.07. The summed E-state index contributed by atoms with van der Waals surface area (Å²) in [4.78, 5) is 56.7. The Morgan fingerprint density at radius 2 is 1.30 bits per heavy atom. The van der Waals surface area contributed by atoms with E-state index in [1.54, 1.807) is 0 Å². The van der Waals surface area contributed by atoms with Crippen LogP contribution in [0.5, 0.6) is 0 Å². The van der Waals surface area contributed by atoms with Crippen LogP contribution in [0.3, 0.4) is 0 Å². The van der Waals surface area contributed by atoms with Gasteiger partial charge in [0.15, 0.2) is 0 Å². The number of hydrogen-bond acceptors (Lipinski definition) is 6. The molecule has 0 bridgehead atoms. The minimum Gasteiger partial charge on any atom is -0.480 e. The minimum atomic E-state index is -1.39. The summed E-state index contributed by atoms with van der Waals surface area (Å²) in [6, 6.07) is -2.67. The molecule has 11 heteroatoms. The minimum absolute atomic E-state index is 0.0781. The molecule has 0 spiro atoms. The zero-order chi connectivity index (χ0) is 20.8. The van der Waals surface area contributed by atoms with Crippen LogP contribution in [-0.2, 0) is 24.0 Å². The van der Waals surface area contributed by atoms with Gasteiger partial charge in [0.25, 0.3) is 0 Å². The average molecular weight is 389 g/mol. The van der Waals surface area contributed by atoms with Crippen molar-refractivity contribution in [1.82, 2.24) is 16.0 Å². The topological polar surface area (TPSA) is 182 Å². The number of aliphatic carboxylic acids is 2. The highest BCUT2D eigenvalue weighted by Gasteiger charge is 2.24. The van der Waals surface area contributed by atoms with Crippen LogP contribution in [0.25, 0.3) is 0 Å². The number of hydrogen-bond donors (Lipinski definition) is 6. The molecule has 0 aromatic rings. The third kappa shape index (κ3) is 11.5. The van der Waals surface area contributed by atoms with Gasteiger partial charge in [0.1, 0.15) is 18.7 Å². The zero-order valence-corrected chi connectivity index (χ0v) is 15.2. The van der Waals surface area contributed by atoms with Crippen LogP contribution in [0.2, 0.25) is 0 Å². The first-order valence-corrected chi connectivity index (χ1v) is 8.63. The Bertz CT molecular complexity index is 538. The third-order valence-electron chi connectivity index (χ3n) is 3.58. The van der Waals surface area contributed by atoms with Crippen LogP contribution in [0, 0.1) is 0 Å². The second-order valence-electron chi connectivity index (χ2n) is 5.86. The van der Waals surface area contributed by atoms with E-state index in [9.17, 15) is 24.0 Å². The molecule has 6 N–H and O–H groups in total. The highest BCUT2D eigenvalue weighted by atomic mass is 16.4. The van der Waals surface area contributed by atoms with Gasteiger partial charge in [-0.05, 0) is 19.3 Å². The predicted molar refractivity (Wildman–Crippen MR) is 92.6 cm³/mol. The number of aliphatic hydroxyl groups is 1. The summed E-state index contributed by atoms with van der Waals surface area (Å²) < 4.78 is 0. The van der Waals surface area contributed by atoms with Crippen molar-refractivity contribution >= 4 is 29.7 Å². The molecule has 0 saturated heterocycles. The van der Waals surface area contributed by atoms with Crippen LogP contribution < -0.4 is 16.0 Å². The monoisotopic (exact) mass is 389 g/mol. The van der Waals surface area contributed by atoms with Gasteiger partial charge in [-0.3, -0.25) is 14.4 Å². The first-order valence-electron chi connectivity index (χ1n) is 8.63. The molecule has 0 aliphatic rings.